The van der Waals surface area contributed by atoms with E-state index < -0.39 is 11.4 Å². The minimum atomic E-state index is -0.542. The van der Waals surface area contributed by atoms with Crippen molar-refractivity contribution in [3.63, 3.8) is 0 Å². The number of hydrogen-bond donors (Lipinski definition) is 1. The Kier molecular flexibility index (Phi) is 8.85. The molecule has 1 N–H and O–H groups in total. The maximum Gasteiger partial charge on any atom is 0.309 e. The standard InChI is InChI=1S/C30H39FN2O4/c1-30(2,3)37-29(35)22-9-12-25(13-10-22)36-27-14-11-23(19-26(27)31)28(34)32-24-15-17-33(18-16-24)20-21-7-5-4-6-8-21/h4-8,11,14,19,22,24-25H,9-10,12-13,15-18,20H2,1-3H3,(H,32,34). The molecule has 0 radical (unpaired) electrons. The smallest absolute Gasteiger partial charge is 0.309 e. The van der Waals surface area contributed by atoms with Crippen molar-refractivity contribution in [3.8, 4) is 5.75 Å². The van der Waals surface area contributed by atoms with Gasteiger partial charge in [-0.25, -0.2) is 4.39 Å². The van der Waals surface area contributed by atoms with Crippen molar-refractivity contribution < 1.29 is 23.5 Å². The third-order valence-electron chi connectivity index (χ3n) is 7.07. The molecule has 37 heavy (non-hydrogen) atoms. The number of esters is 1. The Morgan fingerprint density at radius 1 is 0.973 bits per heavy atom. The molecule has 0 aromatic heterocycles. The van der Waals surface area contributed by atoms with Gasteiger partial charge in [-0.2, -0.15) is 0 Å². The number of ether oxygens (including phenoxy) is 2. The van der Waals surface area contributed by atoms with E-state index in [1.807, 2.05) is 26.8 Å². The van der Waals surface area contributed by atoms with Gasteiger partial charge in [-0.05, 0) is 83.1 Å². The summed E-state index contributed by atoms with van der Waals surface area (Å²) < 4.78 is 26.2. The van der Waals surface area contributed by atoms with Crippen molar-refractivity contribution in [2.24, 2.45) is 5.92 Å². The Morgan fingerprint density at radius 2 is 1.65 bits per heavy atom. The van der Waals surface area contributed by atoms with E-state index in [1.54, 1.807) is 6.07 Å². The summed E-state index contributed by atoms with van der Waals surface area (Å²) in [6.45, 7) is 8.33. The number of nitrogens with one attached hydrogen (secondary N) is 1. The molecule has 2 fully saturated rings. The van der Waals surface area contributed by atoms with Crippen LogP contribution in [0.1, 0.15) is 75.2 Å². The fourth-order valence-corrected chi connectivity index (χ4v) is 5.06. The predicted octanol–water partition coefficient (Wildman–Crippen LogP) is 5.50. The molecule has 7 heteroatoms. The highest BCUT2D eigenvalue weighted by Crippen LogP contribution is 2.31. The fraction of sp³-hybridized carbons (Fsp3) is 0.533. The highest BCUT2D eigenvalue weighted by molar-refractivity contribution is 5.94. The molecule has 0 spiro atoms. The van der Waals surface area contributed by atoms with Gasteiger partial charge in [0.15, 0.2) is 11.6 Å². The molecule has 2 aliphatic rings. The van der Waals surface area contributed by atoms with Gasteiger partial charge in [0.25, 0.3) is 5.91 Å². The molecule has 1 aliphatic carbocycles. The van der Waals surface area contributed by atoms with E-state index in [4.69, 9.17) is 9.47 Å². The lowest BCUT2D eigenvalue weighted by Crippen LogP contribution is -2.44. The molecule has 4 rings (SSSR count). The third-order valence-corrected chi connectivity index (χ3v) is 7.07. The molecule has 1 saturated carbocycles. The predicted molar refractivity (Wildman–Crippen MR) is 141 cm³/mol. The second-order valence-corrected chi connectivity index (χ2v) is 11.3. The lowest BCUT2D eigenvalue weighted by Gasteiger charge is -2.32. The maximum absolute atomic E-state index is 14.8. The molecule has 1 aliphatic heterocycles. The summed E-state index contributed by atoms with van der Waals surface area (Å²) in [4.78, 5) is 27.5. The first-order valence-corrected chi connectivity index (χ1v) is 13.4. The zero-order valence-electron chi connectivity index (χ0n) is 22.2. The van der Waals surface area contributed by atoms with Gasteiger partial charge in [-0.15, -0.1) is 0 Å². The van der Waals surface area contributed by atoms with Crippen LogP contribution in [0.15, 0.2) is 48.5 Å². The minimum absolute atomic E-state index is 0.0821. The van der Waals surface area contributed by atoms with Crippen molar-refractivity contribution >= 4 is 11.9 Å². The summed E-state index contributed by atoms with van der Waals surface area (Å²) in [6, 6.07) is 14.9. The van der Waals surface area contributed by atoms with Crippen molar-refractivity contribution in [3.05, 3.63) is 65.5 Å². The second kappa shape index (κ2) is 12.1. The number of benzene rings is 2. The van der Waals surface area contributed by atoms with E-state index in [9.17, 15) is 14.0 Å². The van der Waals surface area contributed by atoms with E-state index in [0.29, 0.717) is 31.2 Å². The molecule has 2 aromatic rings. The summed E-state index contributed by atoms with van der Waals surface area (Å²) in [7, 11) is 0. The Morgan fingerprint density at radius 3 is 2.27 bits per heavy atom. The number of halogens is 1. The number of hydrogen-bond acceptors (Lipinski definition) is 5. The summed E-state index contributed by atoms with van der Waals surface area (Å²) in [5.74, 6) is -0.967. The number of piperidine rings is 1. The molecule has 0 atom stereocenters. The van der Waals surface area contributed by atoms with Gasteiger partial charge in [-0.1, -0.05) is 30.3 Å². The van der Waals surface area contributed by atoms with E-state index in [1.165, 1.54) is 17.7 Å². The van der Waals surface area contributed by atoms with Crippen molar-refractivity contribution in [1.82, 2.24) is 10.2 Å². The number of carbonyl (C=O) groups is 2. The number of carbonyl (C=O) groups excluding carboxylic acids is 2. The molecule has 1 amide bonds. The Balaban J connectivity index is 1.22. The number of rotatable bonds is 7. The zero-order chi connectivity index (χ0) is 26.4. The van der Waals surface area contributed by atoms with Crippen LogP contribution in [0.25, 0.3) is 0 Å². The fourth-order valence-electron chi connectivity index (χ4n) is 5.06. The van der Waals surface area contributed by atoms with Crippen LogP contribution in [-0.2, 0) is 16.1 Å². The van der Waals surface area contributed by atoms with Crippen molar-refractivity contribution in [2.45, 2.75) is 83.6 Å². The lowest BCUT2D eigenvalue weighted by atomic mass is 9.87. The van der Waals surface area contributed by atoms with E-state index >= 15 is 0 Å². The molecule has 0 unspecified atom stereocenters. The Bertz CT molecular complexity index is 1050. The van der Waals surface area contributed by atoms with Gasteiger partial charge in [0.1, 0.15) is 5.60 Å². The van der Waals surface area contributed by atoms with E-state index in [-0.39, 0.29) is 35.7 Å². The Hall–Kier alpha value is -2.93. The summed E-state index contributed by atoms with van der Waals surface area (Å²) in [5.41, 5.74) is 1.09. The van der Waals surface area contributed by atoms with Gasteiger partial charge >= 0.3 is 5.97 Å². The first-order chi connectivity index (χ1) is 17.7. The average molecular weight is 511 g/mol. The Labute approximate surface area is 219 Å². The number of amides is 1. The van der Waals surface area contributed by atoms with Gasteiger partial charge in [0.2, 0.25) is 0 Å². The highest BCUT2D eigenvalue weighted by atomic mass is 19.1. The largest absolute Gasteiger partial charge is 0.487 e. The molecule has 1 saturated heterocycles. The second-order valence-electron chi connectivity index (χ2n) is 11.3. The van der Waals surface area contributed by atoms with Crippen molar-refractivity contribution in [1.29, 1.82) is 0 Å². The van der Waals surface area contributed by atoms with Gasteiger partial charge in [0.05, 0.1) is 12.0 Å². The van der Waals surface area contributed by atoms with E-state index in [0.717, 1.165) is 32.5 Å². The molecule has 2 aromatic carbocycles. The van der Waals surface area contributed by atoms with E-state index in [2.05, 4.69) is 34.5 Å². The van der Waals surface area contributed by atoms with Gasteiger partial charge < -0.3 is 14.8 Å². The SMILES string of the molecule is CC(C)(C)OC(=O)C1CCC(Oc2ccc(C(=O)NC3CCN(Cc4ccccc4)CC3)cc2F)CC1. The zero-order valence-corrected chi connectivity index (χ0v) is 22.2. The van der Waals surface area contributed by atoms with Crippen LogP contribution >= 0.6 is 0 Å². The van der Waals surface area contributed by atoms with Gasteiger partial charge in [-0.3, -0.25) is 14.5 Å². The average Bonchev–Trinajstić information content (AvgIpc) is 2.86. The van der Waals surface area contributed by atoms with Crippen LogP contribution in [0.3, 0.4) is 0 Å². The summed E-state index contributed by atoms with van der Waals surface area (Å²) in [6.07, 6.45) is 4.22. The topological polar surface area (TPSA) is 67.9 Å². The summed E-state index contributed by atoms with van der Waals surface area (Å²) in [5, 5.41) is 3.06. The van der Waals surface area contributed by atoms with Crippen LogP contribution < -0.4 is 10.1 Å². The quantitative estimate of drug-likeness (QED) is 0.498. The summed E-state index contributed by atoms with van der Waals surface area (Å²) >= 11 is 0. The normalized spacial score (nSPS) is 21.3. The first kappa shape index (κ1) is 27.1. The molecule has 6 nitrogen and oxygen atoms in total. The van der Waals surface area contributed by atoms with Crippen LogP contribution in [0, 0.1) is 11.7 Å². The minimum Gasteiger partial charge on any atom is -0.487 e. The highest BCUT2D eigenvalue weighted by Gasteiger charge is 2.31. The van der Waals surface area contributed by atoms with Gasteiger partial charge in [0, 0.05) is 31.2 Å². The maximum atomic E-state index is 14.8. The molecular weight excluding hydrogens is 471 g/mol. The van der Waals surface area contributed by atoms with Crippen molar-refractivity contribution in [2.75, 3.05) is 13.1 Å². The molecular formula is C30H39FN2O4. The van der Waals surface area contributed by atoms with Crippen LogP contribution in [0.4, 0.5) is 4.39 Å². The van der Waals surface area contributed by atoms with Crippen LogP contribution in [0.2, 0.25) is 0 Å². The number of nitrogens with zero attached hydrogens (tertiary/aromatic N) is 1. The molecule has 0 bridgehead atoms. The van der Waals surface area contributed by atoms with Crippen LogP contribution in [0.5, 0.6) is 5.75 Å². The monoisotopic (exact) mass is 510 g/mol. The number of likely N-dealkylation sites (tertiary alicyclic amines) is 1. The molecule has 200 valence electrons. The first-order valence-electron chi connectivity index (χ1n) is 13.4. The molecule has 1 heterocycles. The van der Waals surface area contributed by atoms with Crippen LogP contribution in [-0.4, -0.2) is 47.6 Å². The third kappa shape index (κ3) is 8.03. The lowest BCUT2D eigenvalue weighted by molar-refractivity contribution is -0.161.